The molecule has 4 rings (SSSR count). The van der Waals surface area contributed by atoms with Gasteiger partial charge in [-0.3, -0.25) is 14.5 Å². The van der Waals surface area contributed by atoms with Crippen molar-refractivity contribution in [3.8, 4) is 0 Å². The summed E-state index contributed by atoms with van der Waals surface area (Å²) in [6, 6.07) is 8.67. The van der Waals surface area contributed by atoms with Crippen molar-refractivity contribution in [1.29, 1.82) is 0 Å². The van der Waals surface area contributed by atoms with Crippen molar-refractivity contribution in [3.63, 3.8) is 0 Å². The molecule has 1 aliphatic carbocycles. The van der Waals surface area contributed by atoms with E-state index in [1.165, 1.54) is 6.07 Å². The minimum atomic E-state index is -0.933. The molecule has 2 aliphatic rings. The Kier molecular flexibility index (Phi) is 7.53. The van der Waals surface area contributed by atoms with Crippen LogP contribution in [0.4, 0.5) is 14.5 Å². The number of anilines is 1. The molecule has 34 heavy (non-hydrogen) atoms. The van der Waals surface area contributed by atoms with Gasteiger partial charge in [-0.2, -0.15) is 0 Å². The van der Waals surface area contributed by atoms with Crippen molar-refractivity contribution in [3.05, 3.63) is 64.2 Å². The molecule has 0 radical (unpaired) electrons. The van der Waals surface area contributed by atoms with Gasteiger partial charge in [0, 0.05) is 37.6 Å². The van der Waals surface area contributed by atoms with Crippen molar-refractivity contribution < 1.29 is 18.4 Å². The Hall–Kier alpha value is -2.51. The van der Waals surface area contributed by atoms with Crippen molar-refractivity contribution in [1.82, 2.24) is 9.80 Å². The topological polar surface area (TPSA) is 52.7 Å². The van der Waals surface area contributed by atoms with Gasteiger partial charge in [0.05, 0.1) is 10.7 Å². The van der Waals surface area contributed by atoms with Crippen LogP contribution in [-0.4, -0.2) is 46.8 Å². The molecule has 1 aliphatic heterocycles. The summed E-state index contributed by atoms with van der Waals surface area (Å²) in [7, 11) is 0. The lowest BCUT2D eigenvalue weighted by Crippen LogP contribution is -2.59. The summed E-state index contributed by atoms with van der Waals surface area (Å²) in [6.07, 6.45) is 4.24. The molecule has 0 aromatic heterocycles. The monoisotopic (exact) mass is 489 g/mol. The van der Waals surface area contributed by atoms with Crippen LogP contribution < -0.4 is 5.32 Å². The lowest BCUT2D eigenvalue weighted by atomic mass is 10.0. The zero-order chi connectivity index (χ0) is 24.4. The predicted molar refractivity (Wildman–Crippen MR) is 129 cm³/mol. The first-order valence-electron chi connectivity index (χ1n) is 11.8. The number of amides is 2. The zero-order valence-corrected chi connectivity index (χ0v) is 20.2. The molecule has 8 heteroatoms. The van der Waals surface area contributed by atoms with Gasteiger partial charge in [-0.1, -0.05) is 42.6 Å². The van der Waals surface area contributed by atoms with Crippen LogP contribution in [0.1, 0.15) is 55.5 Å². The molecule has 0 bridgehead atoms. The molecule has 2 atom stereocenters. The summed E-state index contributed by atoms with van der Waals surface area (Å²) in [5, 5.41) is 2.87. The number of carbonyl (C=O) groups excluding carboxylic acids is 2. The van der Waals surface area contributed by atoms with Gasteiger partial charge in [-0.15, -0.1) is 0 Å². The molecule has 1 N–H and O–H groups in total. The number of halogens is 3. The SMILES string of the molecule is C[C@@H]1CN(Cc2cccc(NC(=O)c3c(F)cccc3F)c2Cl)C[C@H](C)N1C(=O)C1CCCC1. The van der Waals surface area contributed by atoms with E-state index in [4.69, 9.17) is 11.6 Å². The fourth-order valence-electron chi connectivity index (χ4n) is 5.32. The first kappa shape index (κ1) is 24.6. The first-order valence-corrected chi connectivity index (χ1v) is 12.2. The normalized spacial score (nSPS) is 21.6. The second-order valence-corrected chi connectivity index (χ2v) is 9.83. The maximum atomic E-state index is 14.0. The summed E-state index contributed by atoms with van der Waals surface area (Å²) in [5.74, 6) is -2.32. The third-order valence-corrected chi connectivity index (χ3v) is 7.31. The van der Waals surface area contributed by atoms with Gasteiger partial charge in [-0.05, 0) is 50.5 Å². The molecule has 0 unspecified atom stereocenters. The molecular weight excluding hydrogens is 460 g/mol. The van der Waals surface area contributed by atoms with Crippen LogP contribution in [0.2, 0.25) is 5.02 Å². The summed E-state index contributed by atoms with van der Waals surface area (Å²) < 4.78 is 28.0. The highest BCUT2D eigenvalue weighted by Crippen LogP contribution is 2.31. The molecule has 0 spiro atoms. The van der Waals surface area contributed by atoms with Gasteiger partial charge in [-0.25, -0.2) is 8.78 Å². The van der Waals surface area contributed by atoms with E-state index in [9.17, 15) is 18.4 Å². The second-order valence-electron chi connectivity index (χ2n) is 9.45. The van der Waals surface area contributed by atoms with E-state index >= 15 is 0 Å². The number of hydrogen-bond acceptors (Lipinski definition) is 3. The number of carbonyl (C=O) groups is 2. The van der Waals surface area contributed by atoms with Gasteiger partial charge < -0.3 is 10.2 Å². The summed E-state index contributed by atoms with van der Waals surface area (Å²) in [6.45, 7) is 6.14. The molecule has 2 fully saturated rings. The predicted octanol–water partition coefficient (Wildman–Crippen LogP) is 5.48. The number of nitrogens with one attached hydrogen (secondary N) is 1. The number of nitrogens with zero attached hydrogens (tertiary/aromatic N) is 2. The van der Waals surface area contributed by atoms with Crippen molar-refractivity contribution >= 4 is 29.1 Å². The number of piperazine rings is 1. The first-order chi connectivity index (χ1) is 16.3. The lowest BCUT2D eigenvalue weighted by Gasteiger charge is -2.45. The molecule has 2 amide bonds. The third-order valence-electron chi connectivity index (χ3n) is 6.86. The number of benzene rings is 2. The minimum Gasteiger partial charge on any atom is -0.334 e. The summed E-state index contributed by atoms with van der Waals surface area (Å²) in [5.41, 5.74) is 0.445. The fraction of sp³-hybridized carbons (Fsp3) is 0.462. The van der Waals surface area contributed by atoms with Gasteiger partial charge >= 0.3 is 0 Å². The molecule has 182 valence electrons. The fourth-order valence-corrected chi connectivity index (χ4v) is 5.55. The maximum Gasteiger partial charge on any atom is 0.261 e. The summed E-state index contributed by atoms with van der Waals surface area (Å²) >= 11 is 6.58. The van der Waals surface area contributed by atoms with Crippen LogP contribution in [0, 0.1) is 17.6 Å². The van der Waals surface area contributed by atoms with Gasteiger partial charge in [0.1, 0.15) is 17.2 Å². The smallest absolute Gasteiger partial charge is 0.261 e. The minimum absolute atomic E-state index is 0.0857. The van der Waals surface area contributed by atoms with Crippen LogP contribution >= 0.6 is 11.6 Å². The Balaban J connectivity index is 1.44. The van der Waals surface area contributed by atoms with E-state index in [1.54, 1.807) is 12.1 Å². The zero-order valence-electron chi connectivity index (χ0n) is 19.5. The van der Waals surface area contributed by atoms with Crippen LogP contribution in [0.3, 0.4) is 0 Å². The average Bonchev–Trinajstić information content (AvgIpc) is 3.31. The van der Waals surface area contributed by atoms with Crippen molar-refractivity contribution in [2.75, 3.05) is 18.4 Å². The highest BCUT2D eigenvalue weighted by molar-refractivity contribution is 6.34. The third kappa shape index (κ3) is 5.10. The quantitative estimate of drug-likeness (QED) is 0.605. The molecule has 1 saturated carbocycles. The van der Waals surface area contributed by atoms with Gasteiger partial charge in [0.25, 0.3) is 5.91 Å². The van der Waals surface area contributed by atoms with Crippen LogP contribution in [0.5, 0.6) is 0 Å². The highest BCUT2D eigenvalue weighted by Gasteiger charge is 2.37. The van der Waals surface area contributed by atoms with E-state index in [2.05, 4.69) is 24.1 Å². The van der Waals surface area contributed by atoms with Gasteiger partial charge in [0.2, 0.25) is 5.91 Å². The van der Waals surface area contributed by atoms with E-state index < -0.39 is 23.1 Å². The molecule has 1 heterocycles. The van der Waals surface area contributed by atoms with E-state index in [-0.39, 0.29) is 23.9 Å². The number of rotatable bonds is 5. The molecule has 5 nitrogen and oxygen atoms in total. The van der Waals surface area contributed by atoms with Crippen molar-refractivity contribution in [2.45, 2.75) is 58.2 Å². The molecular formula is C26H30ClF2N3O2. The highest BCUT2D eigenvalue weighted by atomic mass is 35.5. The lowest BCUT2D eigenvalue weighted by molar-refractivity contribution is -0.143. The molecule has 2 aromatic carbocycles. The largest absolute Gasteiger partial charge is 0.334 e. The van der Waals surface area contributed by atoms with E-state index in [0.717, 1.165) is 56.5 Å². The molecule has 2 aromatic rings. The standard InChI is InChI=1S/C26H30ClF2N3O2/c1-16-13-31(14-17(2)32(16)26(34)18-7-3-4-8-18)15-19-9-5-12-22(24(19)27)30-25(33)23-20(28)10-6-11-21(23)29/h5-6,9-12,16-18H,3-4,7-8,13-15H2,1-2H3,(H,30,33)/t16-,17+. The Morgan fingerprint density at radius 1 is 1.00 bits per heavy atom. The van der Waals surface area contributed by atoms with Crippen LogP contribution in [-0.2, 0) is 11.3 Å². The van der Waals surface area contributed by atoms with Crippen molar-refractivity contribution in [2.24, 2.45) is 5.92 Å². The van der Waals surface area contributed by atoms with E-state index in [1.807, 2.05) is 11.0 Å². The Bertz CT molecular complexity index is 1040. The second kappa shape index (κ2) is 10.4. The Morgan fingerprint density at radius 3 is 2.21 bits per heavy atom. The van der Waals surface area contributed by atoms with E-state index in [0.29, 0.717) is 17.3 Å². The van der Waals surface area contributed by atoms with Crippen LogP contribution in [0.25, 0.3) is 0 Å². The Morgan fingerprint density at radius 2 is 1.59 bits per heavy atom. The van der Waals surface area contributed by atoms with Gasteiger partial charge in [0.15, 0.2) is 0 Å². The molecule has 1 saturated heterocycles. The average molecular weight is 490 g/mol. The maximum absolute atomic E-state index is 14.0. The summed E-state index contributed by atoms with van der Waals surface area (Å²) in [4.78, 5) is 29.8. The van der Waals surface area contributed by atoms with Crippen LogP contribution in [0.15, 0.2) is 36.4 Å². The number of hydrogen-bond donors (Lipinski definition) is 1. The Labute approximate surface area is 204 Å².